The van der Waals surface area contributed by atoms with E-state index in [2.05, 4.69) is 133 Å². The Balaban J connectivity index is 1.28. The quantitative estimate of drug-likeness (QED) is 0.139. The monoisotopic (exact) mass is 588 g/mol. The van der Waals surface area contributed by atoms with Gasteiger partial charge in [-0.2, -0.15) is 0 Å². The van der Waals surface area contributed by atoms with E-state index in [0.717, 1.165) is 0 Å². The van der Waals surface area contributed by atoms with Crippen LogP contribution >= 0.6 is 11.3 Å². The summed E-state index contributed by atoms with van der Waals surface area (Å²) < 4.78 is 2.69. The summed E-state index contributed by atoms with van der Waals surface area (Å²) in [6, 6.07) is 50.8. The molecule has 0 radical (unpaired) electrons. The van der Waals surface area contributed by atoms with Crippen LogP contribution in [0.4, 0.5) is 0 Å². The third-order valence-corrected chi connectivity index (χ3v) is 12.2. The second kappa shape index (κ2) is 8.81. The van der Waals surface area contributed by atoms with Crippen molar-refractivity contribution in [2.24, 2.45) is 0 Å². The average Bonchev–Trinajstić information content (AvgIpc) is 3.44. The van der Waals surface area contributed by atoms with E-state index in [9.17, 15) is 0 Å². The van der Waals surface area contributed by atoms with Gasteiger partial charge in [-0.05, 0) is 125 Å². The number of benzene rings is 8. The molecule has 0 N–H and O–H groups in total. The van der Waals surface area contributed by atoms with Gasteiger partial charge in [-0.25, -0.2) is 0 Å². The summed E-state index contributed by atoms with van der Waals surface area (Å²) >= 11 is 1.89. The van der Waals surface area contributed by atoms with Crippen LogP contribution in [0.2, 0.25) is 0 Å². The summed E-state index contributed by atoms with van der Waals surface area (Å²) in [4.78, 5) is 0. The lowest BCUT2D eigenvalue weighted by molar-refractivity contribution is 0.348. The molecule has 8 aromatic carbocycles. The van der Waals surface area contributed by atoms with Crippen LogP contribution in [0.25, 0.3) is 85.5 Å². The minimum absolute atomic E-state index is 0.654. The van der Waals surface area contributed by atoms with E-state index in [0.29, 0.717) is 11.8 Å². The molecule has 0 saturated heterocycles. The molecule has 2 aliphatic rings. The highest BCUT2D eigenvalue weighted by Crippen LogP contribution is 2.58. The fourth-order valence-electron chi connectivity index (χ4n) is 8.99. The van der Waals surface area contributed by atoms with Crippen LogP contribution in [-0.2, 0) is 0 Å². The van der Waals surface area contributed by atoms with Gasteiger partial charge in [0.25, 0.3) is 0 Å². The van der Waals surface area contributed by atoms with Gasteiger partial charge in [-0.3, -0.25) is 0 Å². The molecule has 1 heteroatoms. The normalized spacial score (nSPS) is 17.2. The SMILES string of the molecule is c1cc2c3c(c1)cc(-c1c4ccccc4c(-c4ccc5sc6ccccc6c5c4)c4ccccc14)c1cccc(c13)C1CC[C@H]21. The molecule has 9 aromatic rings. The van der Waals surface area contributed by atoms with Crippen molar-refractivity contribution in [3.05, 3.63) is 145 Å². The molecular weight excluding hydrogens is 561 g/mol. The number of rotatable bonds is 2. The first-order chi connectivity index (χ1) is 22.3. The maximum atomic E-state index is 2.50. The third-order valence-electron chi connectivity index (χ3n) is 11.0. The van der Waals surface area contributed by atoms with Gasteiger partial charge in [0.1, 0.15) is 0 Å². The molecule has 0 aliphatic heterocycles. The van der Waals surface area contributed by atoms with E-state index < -0.39 is 0 Å². The van der Waals surface area contributed by atoms with Crippen LogP contribution in [0.15, 0.2) is 133 Å². The van der Waals surface area contributed by atoms with Gasteiger partial charge in [0, 0.05) is 20.2 Å². The third kappa shape index (κ3) is 3.16. The molecule has 2 aliphatic carbocycles. The highest BCUT2D eigenvalue weighted by atomic mass is 32.1. The van der Waals surface area contributed by atoms with Crippen LogP contribution in [0.3, 0.4) is 0 Å². The van der Waals surface area contributed by atoms with Gasteiger partial charge in [-0.15, -0.1) is 11.3 Å². The first-order valence-corrected chi connectivity index (χ1v) is 17.0. The summed E-state index contributed by atoms with van der Waals surface area (Å²) in [7, 11) is 0. The minimum Gasteiger partial charge on any atom is -0.135 e. The molecule has 1 fully saturated rings. The Morgan fingerprint density at radius 1 is 0.422 bits per heavy atom. The molecule has 0 spiro atoms. The Morgan fingerprint density at radius 2 is 1.00 bits per heavy atom. The minimum atomic E-state index is 0.654. The van der Waals surface area contributed by atoms with Crippen molar-refractivity contribution in [3.63, 3.8) is 0 Å². The van der Waals surface area contributed by atoms with Crippen molar-refractivity contribution < 1.29 is 0 Å². The van der Waals surface area contributed by atoms with E-state index in [1.165, 1.54) is 98.4 Å². The Kier molecular flexibility index (Phi) is 4.77. The predicted octanol–water partition coefficient (Wildman–Crippen LogP) is 13.0. The average molecular weight is 589 g/mol. The maximum Gasteiger partial charge on any atom is 0.0355 e. The van der Waals surface area contributed by atoms with E-state index in [-0.39, 0.29) is 0 Å². The lowest BCUT2D eigenvalue weighted by Gasteiger charge is -2.42. The first-order valence-electron chi connectivity index (χ1n) is 16.2. The molecule has 1 unspecified atom stereocenters. The highest BCUT2D eigenvalue weighted by molar-refractivity contribution is 7.25. The lowest BCUT2D eigenvalue weighted by Crippen LogP contribution is -2.25. The molecule has 0 amide bonds. The maximum absolute atomic E-state index is 2.50. The molecule has 210 valence electrons. The standard InChI is InChI=1S/C44H28S/c1-3-13-34-32(11-1)41(26-19-22-40-37(23-26)29-10-5-6-18-39(29)45-40)33-12-2-4-14-35(33)43(34)38-24-25-9-7-15-30-27-20-21-28(27)31-16-8-17-36(38)44(31)42(25)30/h1-19,22-24,27-28H,20-21H2/t27-,28?/m0/s1. The van der Waals surface area contributed by atoms with E-state index in [1.54, 1.807) is 11.1 Å². The van der Waals surface area contributed by atoms with E-state index >= 15 is 0 Å². The number of thiophene rings is 1. The van der Waals surface area contributed by atoms with Crippen molar-refractivity contribution in [2.45, 2.75) is 24.7 Å². The zero-order valence-corrected chi connectivity index (χ0v) is 25.5. The smallest absolute Gasteiger partial charge is 0.0355 e. The van der Waals surface area contributed by atoms with Crippen molar-refractivity contribution >= 4 is 74.6 Å². The van der Waals surface area contributed by atoms with Gasteiger partial charge in [-0.1, -0.05) is 109 Å². The van der Waals surface area contributed by atoms with Crippen LogP contribution in [-0.4, -0.2) is 0 Å². The van der Waals surface area contributed by atoms with Gasteiger partial charge in [0.05, 0.1) is 0 Å². The van der Waals surface area contributed by atoms with E-state index in [4.69, 9.17) is 0 Å². The lowest BCUT2D eigenvalue weighted by atomic mass is 9.61. The molecular formula is C44H28S. The van der Waals surface area contributed by atoms with Crippen molar-refractivity contribution in [2.75, 3.05) is 0 Å². The van der Waals surface area contributed by atoms with Crippen LogP contribution in [0.5, 0.6) is 0 Å². The Labute approximate surface area is 265 Å². The van der Waals surface area contributed by atoms with Crippen molar-refractivity contribution in [1.29, 1.82) is 0 Å². The van der Waals surface area contributed by atoms with Gasteiger partial charge < -0.3 is 0 Å². The molecule has 1 aromatic heterocycles. The summed E-state index contributed by atoms with van der Waals surface area (Å²) in [5.41, 5.74) is 8.45. The zero-order chi connectivity index (χ0) is 29.2. The highest BCUT2D eigenvalue weighted by Gasteiger charge is 2.39. The number of hydrogen-bond acceptors (Lipinski definition) is 1. The summed E-state index contributed by atoms with van der Waals surface area (Å²) in [6.45, 7) is 0. The Hall–Kier alpha value is -4.98. The van der Waals surface area contributed by atoms with Gasteiger partial charge in [0.15, 0.2) is 0 Å². The molecule has 0 nitrogen and oxygen atoms in total. The van der Waals surface area contributed by atoms with Gasteiger partial charge in [0.2, 0.25) is 0 Å². The first kappa shape index (κ1) is 24.4. The van der Waals surface area contributed by atoms with Crippen molar-refractivity contribution in [3.8, 4) is 22.3 Å². The topological polar surface area (TPSA) is 0 Å². The van der Waals surface area contributed by atoms with Crippen LogP contribution in [0, 0.1) is 0 Å². The summed E-state index contributed by atoms with van der Waals surface area (Å²) in [5, 5.41) is 13.7. The fraction of sp³-hybridized carbons (Fsp3) is 0.0909. The molecule has 0 bridgehead atoms. The summed E-state index contributed by atoms with van der Waals surface area (Å²) in [6.07, 6.45) is 2.61. The van der Waals surface area contributed by atoms with E-state index in [1.807, 2.05) is 11.3 Å². The Bertz CT molecular complexity index is 2670. The Morgan fingerprint density at radius 3 is 1.71 bits per heavy atom. The molecule has 1 heterocycles. The van der Waals surface area contributed by atoms with Crippen LogP contribution in [0.1, 0.15) is 35.8 Å². The fourth-order valence-corrected chi connectivity index (χ4v) is 10.1. The van der Waals surface area contributed by atoms with Crippen molar-refractivity contribution in [1.82, 2.24) is 0 Å². The zero-order valence-electron chi connectivity index (χ0n) is 24.7. The number of hydrogen-bond donors (Lipinski definition) is 0. The molecule has 1 saturated carbocycles. The molecule has 2 atom stereocenters. The summed E-state index contributed by atoms with van der Waals surface area (Å²) in [5.74, 6) is 1.33. The molecule has 11 rings (SSSR count). The van der Waals surface area contributed by atoms with Crippen LogP contribution < -0.4 is 0 Å². The number of fused-ring (bicyclic) bond motifs is 8. The second-order valence-corrected chi connectivity index (χ2v) is 14.2. The van der Waals surface area contributed by atoms with Gasteiger partial charge >= 0.3 is 0 Å². The molecule has 45 heavy (non-hydrogen) atoms. The second-order valence-electron chi connectivity index (χ2n) is 13.1. The predicted molar refractivity (Wildman–Crippen MR) is 195 cm³/mol. The largest absolute Gasteiger partial charge is 0.135 e.